The van der Waals surface area contributed by atoms with Crippen LogP contribution in [0, 0.1) is 6.92 Å². The van der Waals surface area contributed by atoms with Gasteiger partial charge in [0.25, 0.3) is 0 Å². The molecule has 3 aromatic rings. The van der Waals surface area contributed by atoms with E-state index in [1.54, 1.807) is 31.8 Å². The summed E-state index contributed by atoms with van der Waals surface area (Å²) in [5, 5.41) is 0.964. The molecule has 102 valence electrons. The molecule has 4 nitrogen and oxygen atoms in total. The summed E-state index contributed by atoms with van der Waals surface area (Å²) in [5.41, 5.74) is 4.99. The van der Waals surface area contributed by atoms with Gasteiger partial charge in [0, 0.05) is 51.8 Å². The van der Waals surface area contributed by atoms with Crippen molar-refractivity contribution in [2.75, 3.05) is 7.11 Å². The van der Waals surface area contributed by atoms with Gasteiger partial charge in [0.15, 0.2) is 5.78 Å². The molecule has 1 aliphatic carbocycles. The molecule has 0 spiro atoms. The number of ketones is 1. The Morgan fingerprint density at radius 1 is 1.05 bits per heavy atom. The highest BCUT2D eigenvalue weighted by molar-refractivity contribution is 6.25. The van der Waals surface area contributed by atoms with Gasteiger partial charge in [0.05, 0.1) is 12.6 Å². The minimum absolute atomic E-state index is 0.0188. The van der Waals surface area contributed by atoms with Crippen LogP contribution in [0.15, 0.2) is 36.8 Å². The van der Waals surface area contributed by atoms with Crippen LogP contribution in [-0.2, 0) is 0 Å². The molecular weight excluding hydrogens is 264 g/mol. The van der Waals surface area contributed by atoms with Crippen molar-refractivity contribution in [1.82, 2.24) is 9.97 Å². The number of benzene rings is 1. The summed E-state index contributed by atoms with van der Waals surface area (Å²) in [4.78, 5) is 21.1. The summed E-state index contributed by atoms with van der Waals surface area (Å²) in [6.45, 7) is 1.97. The maximum absolute atomic E-state index is 12.4. The molecule has 2 heterocycles. The van der Waals surface area contributed by atoms with E-state index in [0.29, 0.717) is 11.1 Å². The predicted molar refractivity (Wildman–Crippen MR) is 79.7 cm³/mol. The van der Waals surface area contributed by atoms with Crippen LogP contribution >= 0.6 is 0 Å². The minimum Gasteiger partial charge on any atom is -0.496 e. The third-order valence-corrected chi connectivity index (χ3v) is 4.04. The van der Waals surface area contributed by atoms with Crippen molar-refractivity contribution in [3.05, 3.63) is 53.5 Å². The van der Waals surface area contributed by atoms with Crippen LogP contribution in [0.2, 0.25) is 0 Å². The molecule has 0 radical (unpaired) electrons. The maximum Gasteiger partial charge on any atom is 0.195 e. The number of aryl methyl sites for hydroxylation is 1. The van der Waals surface area contributed by atoms with Crippen molar-refractivity contribution in [3.8, 4) is 16.9 Å². The average molecular weight is 276 g/mol. The van der Waals surface area contributed by atoms with Crippen molar-refractivity contribution in [1.29, 1.82) is 0 Å². The fourth-order valence-corrected chi connectivity index (χ4v) is 3.01. The van der Waals surface area contributed by atoms with Gasteiger partial charge in [-0.2, -0.15) is 0 Å². The first kappa shape index (κ1) is 12.0. The lowest BCUT2D eigenvalue weighted by molar-refractivity contribution is 0.104. The number of nitrogens with zero attached hydrogens (tertiary/aromatic N) is 2. The molecule has 0 fully saturated rings. The van der Waals surface area contributed by atoms with Crippen molar-refractivity contribution >= 4 is 16.7 Å². The first-order chi connectivity index (χ1) is 10.2. The van der Waals surface area contributed by atoms with Gasteiger partial charge in [-0.05, 0) is 25.1 Å². The fraction of sp³-hybridized carbons (Fsp3) is 0.118. The van der Waals surface area contributed by atoms with Gasteiger partial charge in [-0.1, -0.05) is 0 Å². The molecule has 4 rings (SSSR count). The SMILES string of the molecule is COc1ccc2c3c(cnc2c1C)C(=O)c1ccncc1-3. The minimum atomic E-state index is 0.0188. The highest BCUT2D eigenvalue weighted by atomic mass is 16.5. The first-order valence-corrected chi connectivity index (χ1v) is 6.67. The molecular formula is C17H12N2O2. The summed E-state index contributed by atoms with van der Waals surface area (Å²) in [6.07, 6.45) is 5.05. The van der Waals surface area contributed by atoms with Crippen LogP contribution in [-0.4, -0.2) is 22.9 Å². The summed E-state index contributed by atoms with van der Waals surface area (Å²) < 4.78 is 5.34. The van der Waals surface area contributed by atoms with Gasteiger partial charge in [0.1, 0.15) is 5.75 Å². The molecule has 0 aliphatic heterocycles. The van der Waals surface area contributed by atoms with Crippen LogP contribution < -0.4 is 4.74 Å². The molecule has 0 atom stereocenters. The molecule has 0 saturated carbocycles. The molecule has 21 heavy (non-hydrogen) atoms. The Morgan fingerprint density at radius 3 is 2.71 bits per heavy atom. The Hall–Kier alpha value is -2.75. The largest absolute Gasteiger partial charge is 0.496 e. The average Bonchev–Trinajstić information content (AvgIpc) is 2.82. The fourth-order valence-electron chi connectivity index (χ4n) is 3.01. The van der Waals surface area contributed by atoms with E-state index < -0.39 is 0 Å². The standard InChI is InChI=1S/C17H12N2O2/c1-9-14(21-2)4-3-11-15-12-7-18-6-5-10(12)17(20)13(15)8-19-16(9)11/h3-8H,1-2H3. The molecule has 2 aromatic heterocycles. The number of hydrogen-bond acceptors (Lipinski definition) is 4. The van der Waals surface area contributed by atoms with Crippen LogP contribution in [0.25, 0.3) is 22.0 Å². The lowest BCUT2D eigenvalue weighted by Gasteiger charge is -2.10. The molecule has 0 bridgehead atoms. The normalized spacial score (nSPS) is 12.4. The van der Waals surface area contributed by atoms with Crippen molar-refractivity contribution in [3.63, 3.8) is 0 Å². The number of ether oxygens (including phenoxy) is 1. The molecule has 0 N–H and O–H groups in total. The first-order valence-electron chi connectivity index (χ1n) is 6.67. The predicted octanol–water partition coefficient (Wildman–Crippen LogP) is 3.16. The second kappa shape index (κ2) is 4.12. The van der Waals surface area contributed by atoms with E-state index in [9.17, 15) is 4.79 Å². The van der Waals surface area contributed by atoms with Crippen LogP contribution in [0.1, 0.15) is 21.5 Å². The number of hydrogen-bond donors (Lipinski definition) is 0. The Bertz CT molecular complexity index is 916. The summed E-state index contributed by atoms with van der Waals surface area (Å²) >= 11 is 0. The number of fused-ring (bicyclic) bond motifs is 5. The van der Waals surface area contributed by atoms with E-state index in [-0.39, 0.29) is 5.78 Å². The molecule has 0 amide bonds. The zero-order valence-electron chi connectivity index (χ0n) is 11.7. The molecule has 1 aromatic carbocycles. The van der Waals surface area contributed by atoms with Gasteiger partial charge in [-0.15, -0.1) is 0 Å². The van der Waals surface area contributed by atoms with Gasteiger partial charge in [-0.3, -0.25) is 14.8 Å². The summed E-state index contributed by atoms with van der Waals surface area (Å²) in [6, 6.07) is 5.64. The lowest BCUT2D eigenvalue weighted by atomic mass is 10.00. The van der Waals surface area contributed by atoms with Crippen molar-refractivity contribution in [2.45, 2.75) is 6.92 Å². The van der Waals surface area contributed by atoms with Crippen molar-refractivity contribution < 1.29 is 9.53 Å². The number of carbonyl (C=O) groups is 1. The number of aromatic nitrogens is 2. The van der Waals surface area contributed by atoms with Crippen molar-refractivity contribution in [2.24, 2.45) is 0 Å². The number of methoxy groups -OCH3 is 1. The monoisotopic (exact) mass is 276 g/mol. The molecule has 0 unspecified atom stereocenters. The van der Waals surface area contributed by atoms with Gasteiger partial charge >= 0.3 is 0 Å². The maximum atomic E-state index is 12.4. The van der Waals surface area contributed by atoms with E-state index in [2.05, 4.69) is 9.97 Å². The second-order valence-electron chi connectivity index (χ2n) is 5.09. The molecule has 1 aliphatic rings. The van der Waals surface area contributed by atoms with E-state index in [1.807, 2.05) is 19.1 Å². The third kappa shape index (κ3) is 1.47. The van der Waals surface area contributed by atoms with Gasteiger partial charge in [0.2, 0.25) is 0 Å². The topological polar surface area (TPSA) is 52.1 Å². The quantitative estimate of drug-likeness (QED) is 0.536. The summed E-state index contributed by atoms with van der Waals surface area (Å²) in [5.74, 6) is 0.816. The second-order valence-corrected chi connectivity index (χ2v) is 5.09. The highest BCUT2D eigenvalue weighted by Gasteiger charge is 2.29. The zero-order chi connectivity index (χ0) is 14.6. The van der Waals surface area contributed by atoms with Crippen LogP contribution in [0.5, 0.6) is 5.75 Å². The number of rotatable bonds is 1. The number of carbonyl (C=O) groups excluding carboxylic acids is 1. The number of pyridine rings is 2. The Labute approximate surface area is 121 Å². The highest BCUT2D eigenvalue weighted by Crippen LogP contribution is 2.41. The zero-order valence-corrected chi connectivity index (χ0v) is 11.7. The van der Waals surface area contributed by atoms with Crippen LogP contribution in [0.3, 0.4) is 0 Å². The van der Waals surface area contributed by atoms with Crippen LogP contribution in [0.4, 0.5) is 0 Å². The molecule has 0 saturated heterocycles. The summed E-state index contributed by atoms with van der Waals surface area (Å²) in [7, 11) is 1.64. The van der Waals surface area contributed by atoms with E-state index >= 15 is 0 Å². The third-order valence-electron chi connectivity index (χ3n) is 4.04. The van der Waals surface area contributed by atoms with E-state index in [0.717, 1.165) is 33.3 Å². The van der Waals surface area contributed by atoms with E-state index in [4.69, 9.17) is 4.74 Å². The lowest BCUT2D eigenvalue weighted by Crippen LogP contribution is -1.97. The van der Waals surface area contributed by atoms with Gasteiger partial charge < -0.3 is 4.74 Å². The Balaban J connectivity index is 2.15. The Kier molecular flexibility index (Phi) is 2.36. The smallest absolute Gasteiger partial charge is 0.195 e. The molecule has 4 heteroatoms. The van der Waals surface area contributed by atoms with Gasteiger partial charge in [-0.25, -0.2) is 0 Å². The van der Waals surface area contributed by atoms with E-state index in [1.165, 1.54) is 0 Å². The Morgan fingerprint density at radius 2 is 1.90 bits per heavy atom.